The minimum Gasteiger partial charge on any atom is -0.383 e. The van der Waals surface area contributed by atoms with E-state index in [0.717, 1.165) is 32.5 Å². The Morgan fingerprint density at radius 2 is 2.06 bits per heavy atom. The normalized spacial score (nSPS) is 17.3. The summed E-state index contributed by atoms with van der Waals surface area (Å²) in [5.74, 6) is 0.689. The second-order valence-corrected chi connectivity index (χ2v) is 4.98. The van der Waals surface area contributed by atoms with Crippen molar-refractivity contribution in [1.29, 1.82) is 0 Å². The van der Waals surface area contributed by atoms with Gasteiger partial charge in [-0.15, -0.1) is 24.0 Å². The van der Waals surface area contributed by atoms with E-state index in [9.17, 15) is 4.79 Å². The highest BCUT2D eigenvalue weighted by Crippen LogP contribution is 2.17. The number of amides is 1. The molecule has 108 valence electrons. The van der Waals surface area contributed by atoms with Gasteiger partial charge in [0.2, 0.25) is 5.91 Å². The van der Waals surface area contributed by atoms with Gasteiger partial charge in [0.15, 0.2) is 0 Å². The third kappa shape index (κ3) is 6.23. The Labute approximate surface area is 121 Å². The van der Waals surface area contributed by atoms with Gasteiger partial charge in [0, 0.05) is 20.2 Å². The first-order valence-corrected chi connectivity index (χ1v) is 6.72. The Bertz CT molecular complexity index is 234. The molecule has 6 heteroatoms. The molecule has 0 N–H and O–H groups in total. The summed E-state index contributed by atoms with van der Waals surface area (Å²) in [6, 6.07) is 0. The molecule has 0 atom stereocenters. The van der Waals surface area contributed by atoms with Crippen LogP contribution in [0, 0.1) is 5.92 Å². The van der Waals surface area contributed by atoms with Crippen LogP contribution in [0.15, 0.2) is 0 Å². The van der Waals surface area contributed by atoms with Crippen LogP contribution in [0.3, 0.4) is 0 Å². The predicted octanol–water partition coefficient (Wildman–Crippen LogP) is 1.46. The maximum Gasteiger partial charge on any atom is 0.237 e. The molecule has 1 fully saturated rings. The van der Waals surface area contributed by atoms with E-state index in [4.69, 9.17) is 16.3 Å². The first-order chi connectivity index (χ1) is 8.17. The minimum atomic E-state index is 0. The van der Waals surface area contributed by atoms with Crippen LogP contribution in [0.4, 0.5) is 0 Å². The molecule has 0 aliphatic carbocycles. The van der Waals surface area contributed by atoms with Gasteiger partial charge in [-0.05, 0) is 38.9 Å². The van der Waals surface area contributed by atoms with Crippen molar-refractivity contribution in [2.45, 2.75) is 12.8 Å². The molecule has 1 aliphatic rings. The number of nitrogens with zero attached hydrogens (tertiary/aromatic N) is 2. The number of ether oxygens (including phenoxy) is 1. The van der Waals surface area contributed by atoms with Crippen LogP contribution in [-0.4, -0.2) is 68.5 Å². The first kappa shape index (κ1) is 18.0. The zero-order valence-electron chi connectivity index (χ0n) is 11.2. The highest BCUT2D eigenvalue weighted by Gasteiger charge is 2.21. The number of likely N-dealkylation sites (tertiary alicyclic amines) is 1. The predicted molar refractivity (Wildman–Crippen MR) is 76.6 cm³/mol. The highest BCUT2D eigenvalue weighted by molar-refractivity contribution is 6.27. The van der Waals surface area contributed by atoms with Crippen LogP contribution in [0.1, 0.15) is 12.8 Å². The molecule has 4 nitrogen and oxygen atoms in total. The van der Waals surface area contributed by atoms with Gasteiger partial charge in [-0.25, -0.2) is 0 Å². The van der Waals surface area contributed by atoms with Gasteiger partial charge in [0.1, 0.15) is 5.88 Å². The fourth-order valence-corrected chi connectivity index (χ4v) is 2.33. The molecule has 1 amide bonds. The van der Waals surface area contributed by atoms with Gasteiger partial charge < -0.3 is 14.5 Å². The molecule has 0 aromatic heterocycles. The summed E-state index contributed by atoms with van der Waals surface area (Å²) in [4.78, 5) is 15.9. The zero-order chi connectivity index (χ0) is 12.7. The van der Waals surface area contributed by atoms with Gasteiger partial charge in [0.05, 0.1) is 6.61 Å². The molecule has 0 aromatic rings. The quantitative estimate of drug-likeness (QED) is 0.696. The maximum absolute atomic E-state index is 11.7. The van der Waals surface area contributed by atoms with E-state index in [2.05, 4.69) is 11.9 Å². The molecule has 0 spiro atoms. The number of piperidine rings is 1. The molecule has 0 radical (unpaired) electrons. The van der Waals surface area contributed by atoms with E-state index in [0.29, 0.717) is 19.1 Å². The lowest BCUT2D eigenvalue weighted by Gasteiger charge is -2.33. The molecule has 0 aromatic carbocycles. The van der Waals surface area contributed by atoms with Crippen LogP contribution in [0.5, 0.6) is 0 Å². The Morgan fingerprint density at radius 1 is 1.44 bits per heavy atom. The number of carbonyl (C=O) groups is 1. The Morgan fingerprint density at radius 3 is 2.56 bits per heavy atom. The molecule has 18 heavy (non-hydrogen) atoms. The lowest BCUT2D eigenvalue weighted by Crippen LogP contribution is -2.41. The average molecular weight is 299 g/mol. The van der Waals surface area contributed by atoms with Crippen molar-refractivity contribution in [1.82, 2.24) is 9.80 Å². The summed E-state index contributed by atoms with van der Waals surface area (Å²) < 4.78 is 5.03. The third-order valence-electron chi connectivity index (χ3n) is 3.35. The van der Waals surface area contributed by atoms with Crippen molar-refractivity contribution >= 4 is 29.9 Å². The van der Waals surface area contributed by atoms with Gasteiger partial charge in [-0.3, -0.25) is 4.79 Å². The minimum absolute atomic E-state index is 0. The number of carbonyl (C=O) groups excluding carboxylic acids is 1. The third-order valence-corrected chi connectivity index (χ3v) is 3.58. The summed E-state index contributed by atoms with van der Waals surface area (Å²) >= 11 is 5.63. The molecular weight excluding hydrogens is 275 g/mol. The van der Waals surface area contributed by atoms with Crippen LogP contribution in [0.25, 0.3) is 0 Å². The number of hydrogen-bond donors (Lipinski definition) is 0. The molecule has 1 saturated heterocycles. The molecular formula is C12H24Cl2N2O2. The van der Waals surface area contributed by atoms with E-state index in [1.54, 1.807) is 7.11 Å². The summed E-state index contributed by atoms with van der Waals surface area (Å²) in [7, 11) is 3.79. The van der Waals surface area contributed by atoms with Crippen molar-refractivity contribution in [3.63, 3.8) is 0 Å². The molecule has 0 unspecified atom stereocenters. The van der Waals surface area contributed by atoms with Crippen LogP contribution in [0.2, 0.25) is 0 Å². The van der Waals surface area contributed by atoms with E-state index in [1.165, 1.54) is 0 Å². The van der Waals surface area contributed by atoms with Crippen molar-refractivity contribution in [2.75, 3.05) is 52.8 Å². The van der Waals surface area contributed by atoms with Crippen molar-refractivity contribution in [3.8, 4) is 0 Å². The van der Waals surface area contributed by atoms with Crippen LogP contribution >= 0.6 is 24.0 Å². The van der Waals surface area contributed by atoms with E-state index < -0.39 is 0 Å². The van der Waals surface area contributed by atoms with Crippen molar-refractivity contribution < 1.29 is 9.53 Å². The molecule has 1 aliphatic heterocycles. The van der Waals surface area contributed by atoms with Gasteiger partial charge in [-0.2, -0.15) is 0 Å². The Kier molecular flexibility index (Phi) is 9.83. The second-order valence-electron chi connectivity index (χ2n) is 4.71. The van der Waals surface area contributed by atoms with Crippen LogP contribution < -0.4 is 0 Å². The van der Waals surface area contributed by atoms with E-state index in [1.807, 2.05) is 4.90 Å². The van der Waals surface area contributed by atoms with E-state index >= 15 is 0 Å². The molecule has 1 heterocycles. The number of halogens is 2. The molecule has 1 rings (SSSR count). The standard InChI is InChI=1S/C12H23ClN2O2.ClH/c1-14-5-3-11(4-6-14)10-15(7-8-17-2)12(16)9-13;/h11H,3-10H2,1-2H3;1H. The van der Waals surface area contributed by atoms with E-state index in [-0.39, 0.29) is 24.2 Å². The Balaban J connectivity index is 0.00000289. The summed E-state index contributed by atoms with van der Waals surface area (Å²) in [6.45, 7) is 4.29. The zero-order valence-corrected chi connectivity index (χ0v) is 12.8. The van der Waals surface area contributed by atoms with Gasteiger partial charge in [-0.1, -0.05) is 0 Å². The van der Waals surface area contributed by atoms with Gasteiger partial charge in [0.25, 0.3) is 0 Å². The lowest BCUT2D eigenvalue weighted by molar-refractivity contribution is -0.130. The number of hydrogen-bond acceptors (Lipinski definition) is 3. The smallest absolute Gasteiger partial charge is 0.237 e. The fourth-order valence-electron chi connectivity index (χ4n) is 2.16. The monoisotopic (exact) mass is 298 g/mol. The summed E-state index contributed by atoms with van der Waals surface area (Å²) in [6.07, 6.45) is 2.32. The summed E-state index contributed by atoms with van der Waals surface area (Å²) in [5, 5.41) is 0. The molecule has 0 saturated carbocycles. The average Bonchev–Trinajstić information content (AvgIpc) is 2.36. The second kappa shape index (κ2) is 9.84. The largest absolute Gasteiger partial charge is 0.383 e. The summed E-state index contributed by atoms with van der Waals surface area (Å²) in [5.41, 5.74) is 0. The Hall–Kier alpha value is -0.0300. The first-order valence-electron chi connectivity index (χ1n) is 6.18. The maximum atomic E-state index is 11.7. The SMILES string of the molecule is COCCN(CC1CCN(C)CC1)C(=O)CCl.Cl. The van der Waals surface area contributed by atoms with Crippen LogP contribution in [-0.2, 0) is 9.53 Å². The number of rotatable bonds is 6. The number of alkyl halides is 1. The van der Waals surface area contributed by atoms with Gasteiger partial charge >= 0.3 is 0 Å². The molecule has 0 bridgehead atoms. The topological polar surface area (TPSA) is 32.8 Å². The fraction of sp³-hybridized carbons (Fsp3) is 0.917. The number of methoxy groups -OCH3 is 1. The highest BCUT2D eigenvalue weighted by atomic mass is 35.5. The lowest BCUT2D eigenvalue weighted by atomic mass is 9.96. The van der Waals surface area contributed by atoms with Crippen molar-refractivity contribution in [2.24, 2.45) is 5.92 Å². The van der Waals surface area contributed by atoms with Crippen molar-refractivity contribution in [3.05, 3.63) is 0 Å².